The van der Waals surface area contributed by atoms with Crippen LogP contribution in [-0.4, -0.2) is 11.5 Å². The van der Waals surface area contributed by atoms with E-state index in [1.54, 1.807) is 17.5 Å². The fourth-order valence-corrected chi connectivity index (χ4v) is 2.83. The predicted octanol–water partition coefficient (Wildman–Crippen LogP) is 3.53. The van der Waals surface area contributed by atoms with Crippen LogP contribution < -0.4 is 11.1 Å². The summed E-state index contributed by atoms with van der Waals surface area (Å²) in [5, 5.41) is 6.65. The maximum Gasteiger partial charge on any atom is 0.0951 e. The number of anilines is 2. The summed E-state index contributed by atoms with van der Waals surface area (Å²) >= 11 is 1.79. The van der Waals surface area contributed by atoms with Crippen LogP contribution in [0.4, 0.5) is 11.4 Å². The van der Waals surface area contributed by atoms with E-state index in [0.29, 0.717) is 0 Å². The molecule has 0 aliphatic heterocycles. The number of nitrogens with one attached hydrogen (secondary N) is 1. The van der Waals surface area contributed by atoms with Gasteiger partial charge in [-0.2, -0.15) is 0 Å². The van der Waals surface area contributed by atoms with Crippen molar-refractivity contribution >= 4 is 33.6 Å². The monoisotopic (exact) mass is 269 g/mol. The Morgan fingerprint density at radius 3 is 2.95 bits per heavy atom. The second kappa shape index (κ2) is 5.28. The lowest BCUT2D eigenvalue weighted by Gasteiger charge is -2.10. The van der Waals surface area contributed by atoms with E-state index in [-0.39, 0.29) is 0 Å². The highest BCUT2D eigenvalue weighted by Crippen LogP contribution is 2.26. The lowest BCUT2D eigenvalue weighted by molar-refractivity contribution is 1.05. The summed E-state index contributed by atoms with van der Waals surface area (Å²) in [7, 11) is 0. The van der Waals surface area contributed by atoms with Crippen molar-refractivity contribution in [3.63, 3.8) is 0 Å². The molecule has 0 bridgehead atoms. The molecule has 0 unspecified atom stereocenters. The number of pyridine rings is 1. The number of hydrogen-bond donors (Lipinski definition) is 2. The maximum atomic E-state index is 5.94. The Hall–Kier alpha value is -2.07. The first kappa shape index (κ1) is 12.0. The quantitative estimate of drug-likeness (QED) is 0.712. The Bertz CT molecular complexity index is 677. The Kier molecular flexibility index (Phi) is 3.33. The average molecular weight is 269 g/mol. The zero-order valence-corrected chi connectivity index (χ0v) is 11.3. The summed E-state index contributed by atoms with van der Waals surface area (Å²) in [6, 6.07) is 12.2. The van der Waals surface area contributed by atoms with Gasteiger partial charge in [0.15, 0.2) is 0 Å². The molecule has 0 fully saturated rings. The SMILES string of the molecule is Nc1ccc(NCCc2cccs2)c2cccnc12. The van der Waals surface area contributed by atoms with E-state index in [2.05, 4.69) is 27.8 Å². The molecule has 0 saturated heterocycles. The Labute approximate surface area is 116 Å². The van der Waals surface area contributed by atoms with Gasteiger partial charge in [-0.05, 0) is 42.1 Å². The third-order valence-corrected chi connectivity index (χ3v) is 4.00. The highest BCUT2D eigenvalue weighted by atomic mass is 32.1. The summed E-state index contributed by atoms with van der Waals surface area (Å²) in [6.07, 6.45) is 2.80. The van der Waals surface area contributed by atoms with Gasteiger partial charge in [-0.3, -0.25) is 4.98 Å². The molecule has 96 valence electrons. The molecule has 0 spiro atoms. The van der Waals surface area contributed by atoms with E-state index in [1.807, 2.05) is 24.3 Å². The topological polar surface area (TPSA) is 50.9 Å². The highest BCUT2D eigenvalue weighted by Gasteiger charge is 2.04. The molecule has 0 aliphatic carbocycles. The van der Waals surface area contributed by atoms with Crippen LogP contribution in [0.15, 0.2) is 48.0 Å². The molecule has 19 heavy (non-hydrogen) atoms. The van der Waals surface area contributed by atoms with Crippen molar-refractivity contribution in [1.82, 2.24) is 4.98 Å². The standard InChI is InChI=1S/C15H15N3S/c16-13-5-6-14(12-4-1-8-18-15(12)13)17-9-7-11-3-2-10-19-11/h1-6,8,10,17H,7,9,16H2. The number of hydrogen-bond acceptors (Lipinski definition) is 4. The zero-order chi connectivity index (χ0) is 13.1. The number of benzene rings is 1. The number of nitrogens with two attached hydrogens (primary N) is 1. The molecule has 3 rings (SSSR count). The van der Waals surface area contributed by atoms with Crippen molar-refractivity contribution in [3.05, 3.63) is 52.9 Å². The van der Waals surface area contributed by atoms with Crippen molar-refractivity contribution in [3.8, 4) is 0 Å². The van der Waals surface area contributed by atoms with Crippen LogP contribution in [0.5, 0.6) is 0 Å². The van der Waals surface area contributed by atoms with Gasteiger partial charge in [-0.15, -0.1) is 11.3 Å². The van der Waals surface area contributed by atoms with E-state index in [9.17, 15) is 0 Å². The number of nitrogen functional groups attached to an aromatic ring is 1. The van der Waals surface area contributed by atoms with Crippen molar-refractivity contribution in [2.24, 2.45) is 0 Å². The maximum absolute atomic E-state index is 5.94. The smallest absolute Gasteiger partial charge is 0.0951 e. The predicted molar refractivity (Wildman–Crippen MR) is 82.7 cm³/mol. The average Bonchev–Trinajstić information content (AvgIpc) is 2.95. The van der Waals surface area contributed by atoms with Gasteiger partial charge < -0.3 is 11.1 Å². The van der Waals surface area contributed by atoms with Crippen molar-refractivity contribution in [2.45, 2.75) is 6.42 Å². The van der Waals surface area contributed by atoms with Crippen molar-refractivity contribution in [1.29, 1.82) is 0 Å². The fraction of sp³-hybridized carbons (Fsp3) is 0.133. The molecular formula is C15H15N3S. The Balaban J connectivity index is 1.79. The minimum Gasteiger partial charge on any atom is -0.397 e. The molecular weight excluding hydrogens is 254 g/mol. The molecule has 2 aromatic heterocycles. The Morgan fingerprint density at radius 1 is 1.16 bits per heavy atom. The molecule has 1 aromatic carbocycles. The van der Waals surface area contributed by atoms with Gasteiger partial charge in [-0.25, -0.2) is 0 Å². The number of nitrogens with zero attached hydrogens (tertiary/aromatic N) is 1. The van der Waals surface area contributed by atoms with Crippen LogP contribution in [0.1, 0.15) is 4.88 Å². The van der Waals surface area contributed by atoms with Gasteiger partial charge in [-0.1, -0.05) is 6.07 Å². The van der Waals surface area contributed by atoms with E-state index < -0.39 is 0 Å². The summed E-state index contributed by atoms with van der Waals surface area (Å²) in [5.41, 5.74) is 8.62. The third kappa shape index (κ3) is 2.53. The van der Waals surface area contributed by atoms with Crippen LogP contribution in [0.3, 0.4) is 0 Å². The molecule has 0 amide bonds. The van der Waals surface area contributed by atoms with Crippen molar-refractivity contribution in [2.75, 3.05) is 17.6 Å². The molecule has 0 radical (unpaired) electrons. The molecule has 3 aromatic rings. The minimum absolute atomic E-state index is 0.722. The summed E-state index contributed by atoms with van der Waals surface area (Å²) in [4.78, 5) is 5.73. The summed E-state index contributed by atoms with van der Waals surface area (Å²) < 4.78 is 0. The highest BCUT2D eigenvalue weighted by molar-refractivity contribution is 7.09. The van der Waals surface area contributed by atoms with E-state index >= 15 is 0 Å². The van der Waals surface area contributed by atoms with Gasteiger partial charge in [0.2, 0.25) is 0 Å². The van der Waals surface area contributed by atoms with Crippen LogP contribution >= 0.6 is 11.3 Å². The molecule has 0 atom stereocenters. The Morgan fingerprint density at radius 2 is 2.11 bits per heavy atom. The first-order valence-corrected chi connectivity index (χ1v) is 7.12. The van der Waals surface area contributed by atoms with Crippen LogP contribution in [0, 0.1) is 0 Å². The van der Waals surface area contributed by atoms with Crippen LogP contribution in [0.2, 0.25) is 0 Å². The molecule has 0 saturated carbocycles. The van der Waals surface area contributed by atoms with Gasteiger partial charge >= 0.3 is 0 Å². The second-order valence-corrected chi connectivity index (χ2v) is 5.39. The van der Waals surface area contributed by atoms with Gasteiger partial charge in [0, 0.05) is 28.7 Å². The van der Waals surface area contributed by atoms with Crippen molar-refractivity contribution < 1.29 is 0 Å². The number of rotatable bonds is 4. The van der Waals surface area contributed by atoms with E-state index in [1.165, 1.54) is 4.88 Å². The first-order valence-electron chi connectivity index (χ1n) is 6.24. The summed E-state index contributed by atoms with van der Waals surface area (Å²) in [5.74, 6) is 0. The molecule has 3 nitrogen and oxygen atoms in total. The van der Waals surface area contributed by atoms with Gasteiger partial charge in [0.1, 0.15) is 0 Å². The van der Waals surface area contributed by atoms with Crippen LogP contribution in [0.25, 0.3) is 10.9 Å². The molecule has 2 heterocycles. The van der Waals surface area contributed by atoms with E-state index in [0.717, 1.165) is 35.2 Å². The lowest BCUT2D eigenvalue weighted by atomic mass is 10.1. The largest absolute Gasteiger partial charge is 0.397 e. The number of aromatic nitrogens is 1. The lowest BCUT2D eigenvalue weighted by Crippen LogP contribution is -2.05. The number of fused-ring (bicyclic) bond motifs is 1. The normalized spacial score (nSPS) is 10.7. The molecule has 3 N–H and O–H groups in total. The van der Waals surface area contributed by atoms with Gasteiger partial charge in [0.05, 0.1) is 11.2 Å². The van der Waals surface area contributed by atoms with Crippen LogP contribution in [-0.2, 0) is 6.42 Å². The second-order valence-electron chi connectivity index (χ2n) is 4.36. The first-order chi connectivity index (χ1) is 9.34. The van der Waals surface area contributed by atoms with Gasteiger partial charge in [0.25, 0.3) is 0 Å². The van der Waals surface area contributed by atoms with E-state index in [4.69, 9.17) is 5.73 Å². The fourth-order valence-electron chi connectivity index (χ4n) is 2.12. The molecule has 4 heteroatoms. The zero-order valence-electron chi connectivity index (χ0n) is 10.5. The third-order valence-electron chi connectivity index (χ3n) is 3.07. The number of thiophene rings is 1. The minimum atomic E-state index is 0.722. The molecule has 0 aliphatic rings. The summed E-state index contributed by atoms with van der Waals surface area (Å²) in [6.45, 7) is 0.911.